The lowest BCUT2D eigenvalue weighted by Crippen LogP contribution is -2.43. The lowest BCUT2D eigenvalue weighted by molar-refractivity contribution is -0.0226. The van der Waals surface area contributed by atoms with Crippen LogP contribution in [0.15, 0.2) is 0 Å². The van der Waals surface area contributed by atoms with Gasteiger partial charge in [0.2, 0.25) is 0 Å². The van der Waals surface area contributed by atoms with Crippen molar-refractivity contribution in [2.45, 2.75) is 39.2 Å². The Hall–Kier alpha value is -0.0800. The van der Waals surface area contributed by atoms with E-state index in [0.29, 0.717) is 12.5 Å². The SMILES string of the molecule is CC(C)(CN)C(O)C1CCC1. The quantitative estimate of drug-likeness (QED) is 0.645. The van der Waals surface area contributed by atoms with E-state index in [4.69, 9.17) is 5.73 Å². The molecule has 0 radical (unpaired) electrons. The summed E-state index contributed by atoms with van der Waals surface area (Å²) in [5.74, 6) is 0.522. The number of hydrogen-bond acceptors (Lipinski definition) is 2. The van der Waals surface area contributed by atoms with Gasteiger partial charge in [0.25, 0.3) is 0 Å². The summed E-state index contributed by atoms with van der Waals surface area (Å²) in [6.07, 6.45) is 3.46. The first-order valence-electron chi connectivity index (χ1n) is 4.46. The number of hydrogen-bond donors (Lipinski definition) is 2. The van der Waals surface area contributed by atoms with Gasteiger partial charge >= 0.3 is 0 Å². The van der Waals surface area contributed by atoms with Crippen LogP contribution in [0.4, 0.5) is 0 Å². The molecule has 0 aliphatic heterocycles. The van der Waals surface area contributed by atoms with Gasteiger partial charge in [-0.05, 0) is 25.3 Å². The number of aliphatic hydroxyl groups excluding tert-OH is 1. The zero-order valence-electron chi connectivity index (χ0n) is 7.51. The molecule has 0 saturated heterocycles. The van der Waals surface area contributed by atoms with Crippen LogP contribution in [0.25, 0.3) is 0 Å². The van der Waals surface area contributed by atoms with Crippen molar-refractivity contribution < 1.29 is 5.11 Å². The number of rotatable bonds is 3. The van der Waals surface area contributed by atoms with Gasteiger partial charge in [0.05, 0.1) is 6.10 Å². The van der Waals surface area contributed by atoms with E-state index < -0.39 is 0 Å². The Bertz CT molecular complexity index is 130. The van der Waals surface area contributed by atoms with Gasteiger partial charge in [-0.1, -0.05) is 20.3 Å². The Balaban J connectivity index is 2.44. The van der Waals surface area contributed by atoms with E-state index in [0.717, 1.165) is 0 Å². The predicted octanol–water partition coefficient (Wildman–Crippen LogP) is 1.13. The molecule has 1 atom stereocenters. The molecule has 0 spiro atoms. The summed E-state index contributed by atoms with van der Waals surface area (Å²) >= 11 is 0. The molecule has 2 heteroatoms. The Labute approximate surface area is 68.8 Å². The molecular formula is C9H19NO. The van der Waals surface area contributed by atoms with Gasteiger partial charge in [-0.25, -0.2) is 0 Å². The highest BCUT2D eigenvalue weighted by atomic mass is 16.3. The van der Waals surface area contributed by atoms with Crippen LogP contribution in [0.1, 0.15) is 33.1 Å². The molecule has 0 aromatic heterocycles. The van der Waals surface area contributed by atoms with Crippen molar-refractivity contribution in [3.8, 4) is 0 Å². The van der Waals surface area contributed by atoms with Gasteiger partial charge in [-0.15, -0.1) is 0 Å². The van der Waals surface area contributed by atoms with Gasteiger partial charge in [0.1, 0.15) is 0 Å². The summed E-state index contributed by atoms with van der Waals surface area (Å²) in [4.78, 5) is 0. The van der Waals surface area contributed by atoms with Crippen LogP contribution < -0.4 is 5.73 Å². The third-order valence-corrected chi connectivity index (χ3v) is 2.92. The van der Waals surface area contributed by atoms with Crippen molar-refractivity contribution in [2.24, 2.45) is 17.1 Å². The minimum Gasteiger partial charge on any atom is -0.392 e. The average Bonchev–Trinajstić information content (AvgIpc) is 1.84. The van der Waals surface area contributed by atoms with Gasteiger partial charge in [0, 0.05) is 5.41 Å². The lowest BCUT2D eigenvalue weighted by atomic mass is 9.71. The molecule has 0 heterocycles. The fraction of sp³-hybridized carbons (Fsp3) is 1.00. The maximum absolute atomic E-state index is 9.82. The third kappa shape index (κ3) is 1.74. The normalized spacial score (nSPS) is 22.9. The molecule has 3 N–H and O–H groups in total. The first-order chi connectivity index (χ1) is 5.08. The maximum atomic E-state index is 9.82. The third-order valence-electron chi connectivity index (χ3n) is 2.92. The zero-order valence-corrected chi connectivity index (χ0v) is 7.51. The smallest absolute Gasteiger partial charge is 0.0631 e. The molecule has 1 unspecified atom stereocenters. The van der Waals surface area contributed by atoms with Crippen LogP contribution in [-0.2, 0) is 0 Å². The Morgan fingerprint density at radius 3 is 2.36 bits per heavy atom. The van der Waals surface area contributed by atoms with Crippen LogP contribution in [0.2, 0.25) is 0 Å². The van der Waals surface area contributed by atoms with Crippen molar-refractivity contribution in [3.63, 3.8) is 0 Å². The number of aliphatic hydroxyl groups is 1. The molecule has 11 heavy (non-hydrogen) atoms. The van der Waals surface area contributed by atoms with E-state index in [1.807, 2.05) is 13.8 Å². The largest absolute Gasteiger partial charge is 0.392 e. The molecule has 1 fully saturated rings. The van der Waals surface area contributed by atoms with E-state index >= 15 is 0 Å². The molecule has 0 aromatic carbocycles. The van der Waals surface area contributed by atoms with Gasteiger partial charge in [0.15, 0.2) is 0 Å². The lowest BCUT2D eigenvalue weighted by Gasteiger charge is -2.39. The summed E-state index contributed by atoms with van der Waals surface area (Å²) < 4.78 is 0. The monoisotopic (exact) mass is 157 g/mol. The molecule has 66 valence electrons. The molecule has 2 nitrogen and oxygen atoms in total. The minimum atomic E-state index is -0.193. The van der Waals surface area contributed by atoms with E-state index in [9.17, 15) is 5.11 Å². The minimum absolute atomic E-state index is 0.0922. The molecule has 1 aliphatic rings. The second-order valence-electron chi connectivity index (χ2n) is 4.33. The fourth-order valence-corrected chi connectivity index (χ4v) is 1.51. The standard InChI is InChI=1S/C9H19NO/c1-9(2,6-10)8(11)7-4-3-5-7/h7-8,11H,3-6,10H2,1-2H3. The molecule has 0 bridgehead atoms. The topological polar surface area (TPSA) is 46.2 Å². The van der Waals surface area contributed by atoms with Crippen molar-refractivity contribution in [1.29, 1.82) is 0 Å². The molecule has 1 aliphatic carbocycles. The van der Waals surface area contributed by atoms with Crippen LogP contribution in [0.3, 0.4) is 0 Å². The van der Waals surface area contributed by atoms with Crippen molar-refractivity contribution in [1.82, 2.24) is 0 Å². The van der Waals surface area contributed by atoms with Crippen molar-refractivity contribution in [3.05, 3.63) is 0 Å². The molecule has 0 aromatic rings. The maximum Gasteiger partial charge on any atom is 0.0631 e. The molecule has 1 rings (SSSR count). The summed E-state index contributed by atoms with van der Waals surface area (Å²) in [7, 11) is 0. The summed E-state index contributed by atoms with van der Waals surface area (Å²) in [5.41, 5.74) is 5.47. The van der Waals surface area contributed by atoms with E-state index in [1.54, 1.807) is 0 Å². The molecule has 1 saturated carbocycles. The Morgan fingerprint density at radius 2 is 2.09 bits per heavy atom. The summed E-state index contributed by atoms with van der Waals surface area (Å²) in [6.45, 7) is 4.65. The van der Waals surface area contributed by atoms with Crippen LogP contribution in [0.5, 0.6) is 0 Å². The second-order valence-corrected chi connectivity index (χ2v) is 4.33. The summed E-state index contributed by atoms with van der Waals surface area (Å²) in [6, 6.07) is 0. The van der Waals surface area contributed by atoms with E-state index in [2.05, 4.69) is 0 Å². The average molecular weight is 157 g/mol. The van der Waals surface area contributed by atoms with Gasteiger partial charge < -0.3 is 10.8 Å². The molecular weight excluding hydrogens is 138 g/mol. The molecule has 0 amide bonds. The number of nitrogens with two attached hydrogens (primary N) is 1. The Kier molecular flexibility index (Phi) is 2.55. The highest BCUT2D eigenvalue weighted by Gasteiger charge is 2.35. The van der Waals surface area contributed by atoms with Crippen molar-refractivity contribution in [2.75, 3.05) is 6.54 Å². The van der Waals surface area contributed by atoms with E-state index in [1.165, 1.54) is 19.3 Å². The Morgan fingerprint density at radius 1 is 1.55 bits per heavy atom. The predicted molar refractivity (Wildman–Crippen MR) is 46.2 cm³/mol. The van der Waals surface area contributed by atoms with Crippen molar-refractivity contribution >= 4 is 0 Å². The van der Waals surface area contributed by atoms with Crippen LogP contribution in [-0.4, -0.2) is 17.8 Å². The van der Waals surface area contributed by atoms with E-state index in [-0.39, 0.29) is 11.5 Å². The van der Waals surface area contributed by atoms with Gasteiger partial charge in [-0.2, -0.15) is 0 Å². The highest BCUT2D eigenvalue weighted by Crippen LogP contribution is 2.36. The second kappa shape index (κ2) is 3.11. The zero-order chi connectivity index (χ0) is 8.48. The first kappa shape index (κ1) is 9.01. The fourth-order valence-electron chi connectivity index (χ4n) is 1.51. The highest BCUT2D eigenvalue weighted by molar-refractivity contribution is 4.87. The first-order valence-corrected chi connectivity index (χ1v) is 4.46. The van der Waals surface area contributed by atoms with Gasteiger partial charge in [-0.3, -0.25) is 0 Å². The summed E-state index contributed by atoms with van der Waals surface area (Å²) in [5, 5.41) is 9.82. The van der Waals surface area contributed by atoms with Crippen LogP contribution in [0, 0.1) is 11.3 Å². The van der Waals surface area contributed by atoms with Crippen LogP contribution >= 0.6 is 0 Å².